The molecule has 30 heavy (non-hydrogen) atoms. The molecule has 5 rings (SSSR count). The maximum Gasteiger partial charge on any atom is 0.346 e. The van der Waals surface area contributed by atoms with E-state index in [1.165, 1.54) is 16.8 Å². The van der Waals surface area contributed by atoms with E-state index in [-0.39, 0.29) is 17.8 Å². The molecule has 2 aromatic carbocycles. The molecule has 8 heteroatoms. The van der Waals surface area contributed by atoms with Gasteiger partial charge in [-0.2, -0.15) is 10.4 Å². The van der Waals surface area contributed by atoms with E-state index in [0.717, 1.165) is 6.07 Å². The van der Waals surface area contributed by atoms with E-state index in [4.69, 9.17) is 10.00 Å². The molecule has 0 bridgehead atoms. The molecule has 1 aromatic heterocycles. The van der Waals surface area contributed by atoms with Gasteiger partial charge in [0.1, 0.15) is 29.3 Å². The Kier molecular flexibility index (Phi) is 4.39. The van der Waals surface area contributed by atoms with Gasteiger partial charge in [-0.1, -0.05) is 0 Å². The van der Waals surface area contributed by atoms with Crippen molar-refractivity contribution in [1.82, 2.24) is 14.3 Å². The van der Waals surface area contributed by atoms with E-state index in [1.807, 2.05) is 0 Å². The van der Waals surface area contributed by atoms with Crippen molar-refractivity contribution in [3.63, 3.8) is 0 Å². The summed E-state index contributed by atoms with van der Waals surface area (Å²) in [6, 6.07) is 11.9. The topological polar surface area (TPSA) is 72.8 Å². The lowest BCUT2D eigenvalue weighted by atomic mass is 9.89. The summed E-state index contributed by atoms with van der Waals surface area (Å²) in [5.41, 5.74) is 0.767. The SMILES string of the molecule is N#Cc1ccc(OC2CC(n3nc4n(c3=O)[C@H](c3cc(F)cc(F)c3)CC4)C2)cc1. The van der Waals surface area contributed by atoms with Crippen molar-refractivity contribution in [3.05, 3.63) is 81.5 Å². The smallest absolute Gasteiger partial charge is 0.346 e. The van der Waals surface area contributed by atoms with Crippen LogP contribution < -0.4 is 10.4 Å². The third kappa shape index (κ3) is 3.16. The quantitative estimate of drug-likeness (QED) is 0.662. The van der Waals surface area contributed by atoms with Gasteiger partial charge >= 0.3 is 5.69 Å². The van der Waals surface area contributed by atoms with Gasteiger partial charge in [0.15, 0.2) is 0 Å². The molecule has 0 amide bonds. The van der Waals surface area contributed by atoms with Gasteiger partial charge in [0.2, 0.25) is 0 Å². The van der Waals surface area contributed by atoms with E-state index >= 15 is 0 Å². The second-order valence-electron chi connectivity index (χ2n) is 7.77. The normalized spacial score (nSPS) is 22.2. The maximum absolute atomic E-state index is 13.6. The van der Waals surface area contributed by atoms with Crippen molar-refractivity contribution in [1.29, 1.82) is 5.26 Å². The minimum absolute atomic E-state index is 0.0283. The number of ether oxygens (including phenoxy) is 1. The average molecular weight is 408 g/mol. The first-order valence-corrected chi connectivity index (χ1v) is 9.84. The second kappa shape index (κ2) is 7.10. The maximum atomic E-state index is 13.6. The molecular weight excluding hydrogens is 390 g/mol. The first-order valence-electron chi connectivity index (χ1n) is 9.84. The molecule has 0 N–H and O–H groups in total. The molecule has 1 aliphatic carbocycles. The van der Waals surface area contributed by atoms with Crippen LogP contribution in [0.15, 0.2) is 47.3 Å². The lowest BCUT2D eigenvalue weighted by molar-refractivity contribution is 0.0623. The van der Waals surface area contributed by atoms with Crippen LogP contribution in [-0.4, -0.2) is 20.5 Å². The number of nitrogens with zero attached hydrogens (tertiary/aromatic N) is 4. The van der Waals surface area contributed by atoms with Crippen LogP contribution in [0.3, 0.4) is 0 Å². The fraction of sp³-hybridized carbons (Fsp3) is 0.318. The van der Waals surface area contributed by atoms with Crippen molar-refractivity contribution in [2.75, 3.05) is 0 Å². The Morgan fingerprint density at radius 3 is 2.47 bits per heavy atom. The molecule has 1 aliphatic heterocycles. The Morgan fingerprint density at radius 2 is 1.80 bits per heavy atom. The standard InChI is InChI=1S/C22H18F2N4O2/c23-15-7-14(8-16(24)9-15)20-5-6-21-26-28(22(29)27(20)21)17-10-19(11-17)30-18-3-1-13(12-25)2-4-18/h1-4,7-9,17,19-20H,5-6,10-11H2/t17?,19?,20-/m0/s1. The predicted molar refractivity (Wildman–Crippen MR) is 103 cm³/mol. The molecule has 0 spiro atoms. The highest BCUT2D eigenvalue weighted by molar-refractivity contribution is 5.34. The van der Waals surface area contributed by atoms with Crippen molar-refractivity contribution >= 4 is 0 Å². The molecule has 0 unspecified atom stereocenters. The Hall–Kier alpha value is -3.47. The fourth-order valence-electron chi connectivity index (χ4n) is 4.27. The predicted octanol–water partition coefficient (Wildman–Crippen LogP) is 3.51. The lowest BCUT2D eigenvalue weighted by Gasteiger charge is -2.34. The van der Waals surface area contributed by atoms with E-state index in [0.29, 0.717) is 48.4 Å². The van der Waals surface area contributed by atoms with Gasteiger partial charge in [-0.05, 0) is 48.4 Å². The van der Waals surface area contributed by atoms with Crippen LogP contribution in [0.5, 0.6) is 5.75 Å². The zero-order valence-electron chi connectivity index (χ0n) is 16.0. The van der Waals surface area contributed by atoms with Crippen LogP contribution >= 0.6 is 0 Å². The Morgan fingerprint density at radius 1 is 1.10 bits per heavy atom. The van der Waals surface area contributed by atoms with Crippen LogP contribution in [0.25, 0.3) is 0 Å². The molecule has 0 saturated heterocycles. The summed E-state index contributed by atoms with van der Waals surface area (Å²) < 4.78 is 36.2. The number of hydrogen-bond acceptors (Lipinski definition) is 4. The number of nitriles is 1. The van der Waals surface area contributed by atoms with E-state index in [2.05, 4.69) is 11.2 Å². The molecule has 2 aliphatic rings. The van der Waals surface area contributed by atoms with Gasteiger partial charge in [-0.3, -0.25) is 4.57 Å². The summed E-state index contributed by atoms with van der Waals surface area (Å²) in [7, 11) is 0. The van der Waals surface area contributed by atoms with Gasteiger partial charge in [0, 0.05) is 25.3 Å². The minimum atomic E-state index is -0.652. The van der Waals surface area contributed by atoms with Crippen molar-refractivity contribution in [2.24, 2.45) is 0 Å². The molecule has 1 atom stereocenters. The number of aryl methyl sites for hydroxylation is 1. The lowest BCUT2D eigenvalue weighted by Crippen LogP contribution is -2.41. The third-order valence-electron chi connectivity index (χ3n) is 5.83. The molecule has 0 radical (unpaired) electrons. The first kappa shape index (κ1) is 18.6. The average Bonchev–Trinajstić information content (AvgIpc) is 3.24. The minimum Gasteiger partial charge on any atom is -0.490 e. The van der Waals surface area contributed by atoms with Crippen molar-refractivity contribution in [3.8, 4) is 11.8 Å². The van der Waals surface area contributed by atoms with Gasteiger partial charge in [-0.15, -0.1) is 0 Å². The monoisotopic (exact) mass is 408 g/mol. The molecule has 1 fully saturated rings. The molecule has 2 heterocycles. The highest BCUT2D eigenvalue weighted by Gasteiger charge is 2.37. The van der Waals surface area contributed by atoms with E-state index in [9.17, 15) is 13.6 Å². The zero-order chi connectivity index (χ0) is 20.8. The summed E-state index contributed by atoms with van der Waals surface area (Å²) in [6.45, 7) is 0. The second-order valence-corrected chi connectivity index (χ2v) is 7.77. The third-order valence-corrected chi connectivity index (χ3v) is 5.83. The Balaban J connectivity index is 1.31. The van der Waals surface area contributed by atoms with Crippen LogP contribution in [0.1, 0.15) is 48.3 Å². The molecular formula is C22H18F2N4O2. The molecule has 6 nitrogen and oxygen atoms in total. The summed E-state index contributed by atoms with van der Waals surface area (Å²) in [4.78, 5) is 13.0. The number of halogens is 2. The van der Waals surface area contributed by atoms with Crippen molar-refractivity contribution in [2.45, 2.75) is 43.9 Å². The fourth-order valence-corrected chi connectivity index (χ4v) is 4.27. The van der Waals surface area contributed by atoms with Gasteiger partial charge in [0.25, 0.3) is 0 Å². The van der Waals surface area contributed by atoms with Gasteiger partial charge in [0.05, 0.1) is 23.7 Å². The Bertz CT molecular complexity index is 1180. The molecule has 152 valence electrons. The van der Waals surface area contributed by atoms with Crippen LogP contribution in [0.2, 0.25) is 0 Å². The summed E-state index contributed by atoms with van der Waals surface area (Å²) >= 11 is 0. The number of benzene rings is 2. The number of fused-ring (bicyclic) bond motifs is 1. The van der Waals surface area contributed by atoms with Gasteiger partial charge < -0.3 is 4.74 Å². The van der Waals surface area contributed by atoms with Crippen LogP contribution in [-0.2, 0) is 6.42 Å². The molecule has 1 saturated carbocycles. The van der Waals surface area contributed by atoms with E-state index < -0.39 is 17.7 Å². The van der Waals surface area contributed by atoms with Crippen LogP contribution in [0, 0.1) is 23.0 Å². The van der Waals surface area contributed by atoms with E-state index in [1.54, 1.807) is 28.8 Å². The highest BCUT2D eigenvalue weighted by Crippen LogP contribution is 2.36. The number of aromatic nitrogens is 3. The number of rotatable bonds is 4. The Labute approximate surface area is 170 Å². The first-order chi connectivity index (χ1) is 14.5. The van der Waals surface area contributed by atoms with Crippen LogP contribution in [0.4, 0.5) is 8.78 Å². The number of hydrogen-bond donors (Lipinski definition) is 0. The summed E-state index contributed by atoms with van der Waals surface area (Å²) in [5, 5.41) is 13.3. The van der Waals surface area contributed by atoms with Gasteiger partial charge in [-0.25, -0.2) is 18.3 Å². The highest BCUT2D eigenvalue weighted by atomic mass is 19.1. The summed E-state index contributed by atoms with van der Waals surface area (Å²) in [5.74, 6) is 0.0258. The largest absolute Gasteiger partial charge is 0.490 e. The van der Waals surface area contributed by atoms with Crippen molar-refractivity contribution < 1.29 is 13.5 Å². The molecule has 3 aromatic rings. The summed E-state index contributed by atoms with van der Waals surface area (Å²) in [6.07, 6.45) is 2.45. The zero-order valence-corrected chi connectivity index (χ0v) is 16.0.